The Morgan fingerprint density at radius 3 is 2.57 bits per heavy atom. The smallest absolute Gasteiger partial charge is 0.334 e. The maximum absolute atomic E-state index is 6.36. The van der Waals surface area contributed by atoms with Crippen molar-refractivity contribution in [3.8, 4) is 0 Å². The minimum Gasteiger partial charge on any atom is -0.394 e. The largest absolute Gasteiger partial charge is 0.394 e. The van der Waals surface area contributed by atoms with Crippen LogP contribution in [0.1, 0.15) is 59.3 Å². The van der Waals surface area contributed by atoms with Crippen LogP contribution in [0.15, 0.2) is 0 Å². The van der Waals surface area contributed by atoms with Crippen LogP contribution in [-0.4, -0.2) is 34.0 Å². The van der Waals surface area contributed by atoms with Gasteiger partial charge in [0.15, 0.2) is 0 Å². The zero-order valence-corrected chi connectivity index (χ0v) is 15.4. The van der Waals surface area contributed by atoms with Gasteiger partial charge >= 0.3 is 8.56 Å². The molecule has 0 N–H and O–H groups in total. The van der Waals surface area contributed by atoms with Crippen LogP contribution in [0, 0.1) is 11.8 Å². The zero-order valence-electron chi connectivity index (χ0n) is 14.4. The fourth-order valence-corrected chi connectivity index (χ4v) is 5.05. The van der Waals surface area contributed by atoms with Crippen LogP contribution in [0.3, 0.4) is 0 Å². The summed E-state index contributed by atoms with van der Waals surface area (Å²) >= 11 is 0. The summed E-state index contributed by atoms with van der Waals surface area (Å²) in [6.45, 7) is 10.7. The first-order valence-corrected chi connectivity index (χ1v) is 11.6. The van der Waals surface area contributed by atoms with Crippen molar-refractivity contribution < 1.29 is 13.6 Å². The van der Waals surface area contributed by atoms with Gasteiger partial charge in [0.2, 0.25) is 0 Å². The molecule has 5 unspecified atom stereocenters. The van der Waals surface area contributed by atoms with Gasteiger partial charge in [-0.3, -0.25) is 0 Å². The molecule has 0 radical (unpaired) electrons. The van der Waals surface area contributed by atoms with E-state index in [2.05, 4.69) is 27.3 Å². The quantitative estimate of drug-likeness (QED) is 0.338. The minimum absolute atomic E-state index is 0.577. The van der Waals surface area contributed by atoms with Gasteiger partial charge in [0.1, 0.15) is 0 Å². The number of hydrogen-bond acceptors (Lipinski definition) is 3. The van der Waals surface area contributed by atoms with Crippen LogP contribution < -0.4 is 0 Å². The zero-order chi connectivity index (χ0) is 15.3. The van der Waals surface area contributed by atoms with E-state index in [9.17, 15) is 0 Å². The number of fused-ring (bicyclic) bond motifs is 1. The van der Waals surface area contributed by atoms with Gasteiger partial charge in [0, 0.05) is 13.2 Å². The highest BCUT2D eigenvalue weighted by Crippen LogP contribution is 2.43. The topological polar surface area (TPSA) is 31.0 Å². The van der Waals surface area contributed by atoms with E-state index in [-0.39, 0.29) is 0 Å². The van der Waals surface area contributed by atoms with E-state index in [4.69, 9.17) is 13.6 Å². The number of hydrogen-bond donors (Lipinski definition) is 0. The summed E-state index contributed by atoms with van der Waals surface area (Å²) in [5, 5.41) is 0. The van der Waals surface area contributed by atoms with Crippen LogP contribution in [0.4, 0.5) is 0 Å². The van der Waals surface area contributed by atoms with E-state index in [1.807, 2.05) is 0 Å². The molecule has 0 spiro atoms. The number of rotatable bonds is 10. The van der Waals surface area contributed by atoms with E-state index in [0.29, 0.717) is 18.1 Å². The lowest BCUT2D eigenvalue weighted by Gasteiger charge is -2.32. The van der Waals surface area contributed by atoms with E-state index in [1.54, 1.807) is 0 Å². The third-order valence-corrected chi connectivity index (χ3v) is 8.26. The van der Waals surface area contributed by atoms with Gasteiger partial charge < -0.3 is 13.6 Å². The van der Waals surface area contributed by atoms with Gasteiger partial charge in [-0.25, -0.2) is 0 Å². The normalized spacial score (nSPS) is 32.3. The first kappa shape index (κ1) is 17.5. The summed E-state index contributed by atoms with van der Waals surface area (Å²) in [6, 6.07) is 1.05. The second kappa shape index (κ2) is 8.09. The van der Waals surface area contributed by atoms with E-state index in [1.165, 1.54) is 32.1 Å². The van der Waals surface area contributed by atoms with E-state index < -0.39 is 8.56 Å². The molecule has 21 heavy (non-hydrogen) atoms. The lowest BCUT2D eigenvalue weighted by atomic mass is 9.79. The number of unbranched alkanes of at least 4 members (excludes halogenated alkanes) is 1. The predicted octanol–water partition coefficient (Wildman–Crippen LogP) is 4.51. The van der Waals surface area contributed by atoms with Crippen LogP contribution in [0.5, 0.6) is 0 Å². The molecule has 1 aliphatic heterocycles. The SMILES string of the molecule is CCCCO[Si](C)(CC)OCC(CC)C1CCC2OC2C1. The van der Waals surface area contributed by atoms with Crippen LogP contribution in [0.25, 0.3) is 0 Å². The number of epoxide rings is 1. The van der Waals surface area contributed by atoms with Crippen LogP contribution in [0.2, 0.25) is 12.6 Å². The molecule has 5 atom stereocenters. The molecule has 0 bridgehead atoms. The van der Waals surface area contributed by atoms with Crippen molar-refractivity contribution in [1.29, 1.82) is 0 Å². The summed E-state index contributed by atoms with van der Waals surface area (Å²) < 4.78 is 18.2. The lowest BCUT2D eigenvalue weighted by Crippen LogP contribution is -2.40. The highest BCUT2D eigenvalue weighted by Gasteiger charge is 2.45. The van der Waals surface area contributed by atoms with Gasteiger partial charge in [-0.15, -0.1) is 0 Å². The van der Waals surface area contributed by atoms with E-state index in [0.717, 1.165) is 31.6 Å². The number of ether oxygens (including phenoxy) is 1. The van der Waals surface area contributed by atoms with Crippen molar-refractivity contribution in [2.75, 3.05) is 13.2 Å². The van der Waals surface area contributed by atoms with Crippen molar-refractivity contribution in [1.82, 2.24) is 0 Å². The Balaban J connectivity index is 1.77. The van der Waals surface area contributed by atoms with Crippen molar-refractivity contribution in [2.45, 2.75) is 84.1 Å². The van der Waals surface area contributed by atoms with Gasteiger partial charge in [-0.2, -0.15) is 0 Å². The molecule has 2 fully saturated rings. The second-order valence-corrected chi connectivity index (χ2v) is 10.5. The molecule has 1 heterocycles. The van der Waals surface area contributed by atoms with Crippen molar-refractivity contribution in [3.63, 3.8) is 0 Å². The molecule has 4 heteroatoms. The first-order valence-electron chi connectivity index (χ1n) is 9.05. The first-order chi connectivity index (χ1) is 10.1. The second-order valence-electron chi connectivity index (χ2n) is 6.95. The molecule has 0 aromatic carbocycles. The van der Waals surface area contributed by atoms with Crippen molar-refractivity contribution in [3.05, 3.63) is 0 Å². The molecule has 1 saturated carbocycles. The molecular weight excluding hydrogens is 280 g/mol. The Hall–Kier alpha value is 0.0969. The van der Waals surface area contributed by atoms with Gasteiger partial charge in [-0.1, -0.05) is 33.6 Å². The monoisotopic (exact) mass is 314 g/mol. The molecule has 0 amide bonds. The summed E-state index contributed by atoms with van der Waals surface area (Å²) in [5.41, 5.74) is 0. The lowest BCUT2D eigenvalue weighted by molar-refractivity contribution is 0.113. The molecule has 2 aliphatic rings. The average Bonchev–Trinajstić information content (AvgIpc) is 3.27. The Morgan fingerprint density at radius 2 is 1.95 bits per heavy atom. The van der Waals surface area contributed by atoms with Crippen LogP contribution in [-0.2, 0) is 13.6 Å². The Morgan fingerprint density at radius 1 is 1.14 bits per heavy atom. The summed E-state index contributed by atoms with van der Waals surface area (Å²) in [7, 11) is -1.94. The molecule has 2 rings (SSSR count). The predicted molar refractivity (Wildman–Crippen MR) is 88.7 cm³/mol. The molecule has 124 valence electrons. The summed E-state index contributed by atoms with van der Waals surface area (Å²) in [5.74, 6) is 1.48. The van der Waals surface area contributed by atoms with Gasteiger partial charge in [0.05, 0.1) is 12.2 Å². The molecule has 3 nitrogen and oxygen atoms in total. The van der Waals surface area contributed by atoms with Gasteiger partial charge in [-0.05, 0) is 50.1 Å². The van der Waals surface area contributed by atoms with Gasteiger partial charge in [0.25, 0.3) is 0 Å². The fourth-order valence-electron chi connectivity index (χ4n) is 3.41. The molecule has 0 aromatic rings. The van der Waals surface area contributed by atoms with Crippen molar-refractivity contribution >= 4 is 8.56 Å². The minimum atomic E-state index is -1.94. The Labute approximate surface area is 132 Å². The highest BCUT2D eigenvalue weighted by molar-refractivity contribution is 6.65. The third kappa shape index (κ3) is 5.05. The Bertz CT molecular complexity index is 312. The maximum atomic E-state index is 6.36. The average molecular weight is 315 g/mol. The fraction of sp³-hybridized carbons (Fsp3) is 1.00. The standard InChI is InChI=1S/C17H34O3Si/c1-5-8-11-18-21(4,7-3)19-13-14(6-2)15-9-10-16-17(12-15)20-16/h14-17H,5-13H2,1-4H3. The molecule has 1 aliphatic carbocycles. The maximum Gasteiger partial charge on any atom is 0.334 e. The Kier molecular flexibility index (Phi) is 6.72. The van der Waals surface area contributed by atoms with E-state index >= 15 is 0 Å². The van der Waals surface area contributed by atoms with Crippen molar-refractivity contribution in [2.24, 2.45) is 11.8 Å². The summed E-state index contributed by atoms with van der Waals surface area (Å²) in [6.07, 6.45) is 8.58. The van der Waals surface area contributed by atoms with Crippen LogP contribution >= 0.6 is 0 Å². The third-order valence-electron chi connectivity index (χ3n) is 5.39. The highest BCUT2D eigenvalue weighted by atomic mass is 28.4. The molecule has 0 aromatic heterocycles. The summed E-state index contributed by atoms with van der Waals surface area (Å²) in [4.78, 5) is 0. The molecule has 1 saturated heterocycles. The molecular formula is C17H34O3Si.